The van der Waals surface area contributed by atoms with Gasteiger partial charge in [0.05, 0.1) is 0 Å². The van der Waals surface area contributed by atoms with Crippen molar-refractivity contribution >= 4 is 5.78 Å². The van der Waals surface area contributed by atoms with Gasteiger partial charge in [0.1, 0.15) is 5.60 Å². The van der Waals surface area contributed by atoms with Gasteiger partial charge in [-0.15, -0.1) is 0 Å². The fourth-order valence-corrected chi connectivity index (χ4v) is 9.98. The van der Waals surface area contributed by atoms with E-state index in [0.717, 1.165) is 60.3 Å². The van der Waals surface area contributed by atoms with Crippen molar-refractivity contribution in [2.75, 3.05) is 13.1 Å². The molecular weight excluding hydrogens is 597 g/mol. The second-order valence-corrected chi connectivity index (χ2v) is 14.7. The van der Waals surface area contributed by atoms with Crippen LogP contribution in [0.15, 0.2) is 77.4 Å². The topological polar surface area (TPSA) is 40.5 Å². The lowest BCUT2D eigenvalue weighted by Gasteiger charge is -2.56. The normalized spacial score (nSPS) is 32.5. The molecule has 0 spiro atoms. The molecule has 0 aromatic heterocycles. The minimum absolute atomic E-state index is 0.00272. The first-order chi connectivity index (χ1) is 21.8. The number of hydrogen-bond acceptors (Lipinski definition) is 3. The molecule has 1 heterocycles. The number of hydrogen-bond donors (Lipinski definition) is 1. The Balaban J connectivity index is 1.19. The summed E-state index contributed by atoms with van der Waals surface area (Å²) < 4.78 is 72.1. The van der Waals surface area contributed by atoms with Crippen LogP contribution in [0.3, 0.4) is 0 Å². The number of likely N-dealkylation sites (tertiary alicyclic amines) is 1. The fourth-order valence-electron chi connectivity index (χ4n) is 9.98. The van der Waals surface area contributed by atoms with Crippen molar-refractivity contribution in [1.82, 2.24) is 4.90 Å². The predicted octanol–water partition coefficient (Wildman–Crippen LogP) is 8.89. The van der Waals surface area contributed by atoms with Gasteiger partial charge in [0.2, 0.25) is 0 Å². The van der Waals surface area contributed by atoms with Crippen molar-refractivity contribution in [2.45, 2.75) is 101 Å². The molecule has 46 heavy (non-hydrogen) atoms. The van der Waals surface area contributed by atoms with Crippen LogP contribution in [0.1, 0.15) is 93.2 Å². The van der Waals surface area contributed by atoms with Crippen molar-refractivity contribution in [2.24, 2.45) is 17.3 Å². The largest absolute Gasteiger partial charge is 0.456 e. The predicted molar refractivity (Wildman–Crippen MR) is 166 cm³/mol. The second-order valence-electron chi connectivity index (χ2n) is 14.7. The lowest BCUT2D eigenvalue weighted by atomic mass is 9.50. The molecule has 1 N–H and O–H groups in total. The molecule has 4 aliphatic carbocycles. The standard InChI is InChI=1S/C38H42F5NO2/c1-35-22-32(27-9-7-24(8-10-27)23-44-19-16-26(17-20-44)25-5-3-2-4-6-25)34-30-14-12-29(45)21-28(30)11-13-31(34)33(35)15-18-36(35,46)37(39,40)38(41,42)43/h2-10,21,26,31-33,46H,11-20,22-23H2,1H3/t31-,32+,33-,35-,36-/m0/s1. The van der Waals surface area contributed by atoms with E-state index >= 15 is 8.78 Å². The number of aliphatic hydroxyl groups is 1. The van der Waals surface area contributed by atoms with Gasteiger partial charge in [-0.05, 0) is 116 Å². The van der Waals surface area contributed by atoms with Crippen LogP contribution >= 0.6 is 0 Å². The maximum absolute atomic E-state index is 15.3. The van der Waals surface area contributed by atoms with Crippen molar-refractivity contribution in [3.63, 3.8) is 0 Å². The number of ketones is 1. The van der Waals surface area contributed by atoms with Crippen molar-refractivity contribution in [3.05, 3.63) is 94.1 Å². The average Bonchev–Trinajstić information content (AvgIpc) is 3.32. The highest BCUT2D eigenvalue weighted by Crippen LogP contribution is 2.70. The van der Waals surface area contributed by atoms with Gasteiger partial charge in [-0.25, -0.2) is 0 Å². The molecule has 1 aliphatic heterocycles. The van der Waals surface area contributed by atoms with Crippen LogP contribution in [0.5, 0.6) is 0 Å². The summed E-state index contributed by atoms with van der Waals surface area (Å²) in [6, 6.07) is 18.7. The number of alkyl halides is 5. The van der Waals surface area contributed by atoms with Crippen LogP contribution < -0.4 is 0 Å². The van der Waals surface area contributed by atoms with Crippen LogP contribution in [0, 0.1) is 17.3 Å². The summed E-state index contributed by atoms with van der Waals surface area (Å²) in [4.78, 5) is 14.8. The summed E-state index contributed by atoms with van der Waals surface area (Å²) in [5.74, 6) is -5.72. The van der Waals surface area contributed by atoms with E-state index in [4.69, 9.17) is 0 Å². The van der Waals surface area contributed by atoms with Crippen LogP contribution in [-0.2, 0) is 11.3 Å². The molecular formula is C38H42F5NO2. The number of carbonyl (C=O) groups is 1. The van der Waals surface area contributed by atoms with Crippen LogP contribution in [-0.4, -0.2) is 46.6 Å². The Bertz CT molecular complexity index is 1540. The molecule has 5 atom stereocenters. The average molecular weight is 640 g/mol. The molecule has 0 unspecified atom stereocenters. The van der Waals surface area contributed by atoms with Crippen LogP contribution in [0.2, 0.25) is 0 Å². The molecule has 3 fully saturated rings. The molecule has 0 bridgehead atoms. The first-order valence-corrected chi connectivity index (χ1v) is 16.8. The van der Waals surface area contributed by atoms with E-state index in [1.54, 1.807) is 6.08 Å². The number of halogens is 5. The number of allylic oxidation sites excluding steroid dienone is 4. The Morgan fingerprint density at radius 1 is 0.870 bits per heavy atom. The minimum Gasteiger partial charge on any atom is -0.383 e. The molecule has 5 aliphatic rings. The fraction of sp³-hybridized carbons (Fsp3) is 0.553. The van der Waals surface area contributed by atoms with Gasteiger partial charge in [-0.3, -0.25) is 9.69 Å². The molecule has 2 aromatic rings. The Kier molecular flexibility index (Phi) is 7.87. The van der Waals surface area contributed by atoms with Gasteiger partial charge in [0, 0.05) is 24.3 Å². The monoisotopic (exact) mass is 639 g/mol. The third kappa shape index (κ3) is 5.01. The summed E-state index contributed by atoms with van der Waals surface area (Å²) in [6.45, 7) is 4.24. The summed E-state index contributed by atoms with van der Waals surface area (Å²) in [5.41, 5.74) is 1.73. The molecule has 1 saturated heterocycles. The number of nitrogens with zero attached hydrogens (tertiary/aromatic N) is 1. The maximum atomic E-state index is 15.3. The lowest BCUT2D eigenvalue weighted by Crippen LogP contribution is -2.65. The molecule has 0 radical (unpaired) electrons. The summed E-state index contributed by atoms with van der Waals surface area (Å²) in [5, 5.41) is 11.5. The summed E-state index contributed by atoms with van der Waals surface area (Å²) in [7, 11) is 0. The lowest BCUT2D eigenvalue weighted by molar-refractivity contribution is -0.362. The quantitative estimate of drug-likeness (QED) is 0.332. The molecule has 2 aromatic carbocycles. The third-order valence-corrected chi connectivity index (χ3v) is 12.4. The zero-order valence-electron chi connectivity index (χ0n) is 26.3. The highest BCUT2D eigenvalue weighted by molar-refractivity contribution is 5.93. The zero-order valence-corrected chi connectivity index (χ0v) is 26.3. The molecule has 246 valence electrons. The Labute approximate surface area is 267 Å². The van der Waals surface area contributed by atoms with Crippen molar-refractivity contribution in [3.8, 4) is 0 Å². The third-order valence-electron chi connectivity index (χ3n) is 12.4. The smallest absolute Gasteiger partial charge is 0.383 e. The molecule has 7 rings (SSSR count). The van der Waals surface area contributed by atoms with Gasteiger partial charge in [0.25, 0.3) is 0 Å². The van der Waals surface area contributed by atoms with E-state index in [0.29, 0.717) is 31.6 Å². The van der Waals surface area contributed by atoms with Gasteiger partial charge in [-0.1, -0.05) is 67.1 Å². The Hall–Kier alpha value is -2.84. The minimum atomic E-state index is -5.85. The summed E-state index contributed by atoms with van der Waals surface area (Å²) in [6.07, 6.45) is -0.311. The van der Waals surface area contributed by atoms with E-state index in [9.17, 15) is 23.1 Å². The number of fused-ring (bicyclic) bond motifs is 4. The van der Waals surface area contributed by atoms with Crippen LogP contribution in [0.4, 0.5) is 22.0 Å². The zero-order chi connectivity index (χ0) is 32.5. The van der Waals surface area contributed by atoms with Crippen LogP contribution in [0.25, 0.3) is 0 Å². The Morgan fingerprint density at radius 2 is 1.57 bits per heavy atom. The van der Waals surface area contributed by atoms with E-state index < -0.39 is 41.4 Å². The number of carbonyl (C=O) groups excluding carboxylic acids is 1. The Morgan fingerprint density at radius 3 is 2.24 bits per heavy atom. The number of piperidine rings is 1. The highest BCUT2D eigenvalue weighted by atomic mass is 19.4. The maximum Gasteiger partial charge on any atom is 0.456 e. The molecule has 8 heteroatoms. The first-order valence-electron chi connectivity index (χ1n) is 16.8. The van der Waals surface area contributed by atoms with Gasteiger partial charge in [-0.2, -0.15) is 22.0 Å². The first kappa shape index (κ1) is 31.7. The highest BCUT2D eigenvalue weighted by Gasteiger charge is 2.79. The number of rotatable bonds is 5. The molecule has 0 amide bonds. The molecule has 3 nitrogen and oxygen atoms in total. The SMILES string of the molecule is C[C@]12C[C@H](c3ccc(CN4CCC(c5ccccc5)CC4)cc3)C3=C4CCC(=O)C=C4CC[C@H]3[C@@H]1CC[C@@]2(O)C(F)(F)C(F)(F)F. The van der Waals surface area contributed by atoms with Crippen molar-refractivity contribution < 1.29 is 31.9 Å². The number of benzene rings is 2. The van der Waals surface area contributed by atoms with E-state index in [1.807, 2.05) is 18.2 Å². The molecule has 2 saturated carbocycles. The van der Waals surface area contributed by atoms with E-state index in [-0.39, 0.29) is 24.5 Å². The van der Waals surface area contributed by atoms with Crippen molar-refractivity contribution in [1.29, 1.82) is 0 Å². The second kappa shape index (κ2) is 11.4. The van der Waals surface area contributed by atoms with Gasteiger partial charge < -0.3 is 5.11 Å². The van der Waals surface area contributed by atoms with E-state index in [1.165, 1.54) is 12.5 Å². The van der Waals surface area contributed by atoms with Gasteiger partial charge >= 0.3 is 12.1 Å². The van der Waals surface area contributed by atoms with Gasteiger partial charge in [0.15, 0.2) is 5.78 Å². The summed E-state index contributed by atoms with van der Waals surface area (Å²) >= 11 is 0. The van der Waals surface area contributed by atoms with E-state index in [2.05, 4.69) is 41.3 Å².